The molecule has 0 unspecified atom stereocenters. The standard InChI is InChI=1S/C20H21N5O5/c1-3-24(4-2)19(27)23-17-12-15(7-9-22-17)29-14-6-5-13-8-10-25(16(13)11-14)20(28)30-18(21)26/h5-12H,3-4H2,1-2H3,(H2,21,26)(H,22,23,27). The maximum Gasteiger partial charge on any atom is 0.427 e. The van der Waals surface area contributed by atoms with Crippen LogP contribution in [0.4, 0.5) is 20.2 Å². The van der Waals surface area contributed by atoms with Gasteiger partial charge in [-0.05, 0) is 38.1 Å². The predicted octanol–water partition coefficient (Wildman–Crippen LogP) is 3.77. The zero-order chi connectivity index (χ0) is 21.7. The lowest BCUT2D eigenvalue weighted by Gasteiger charge is -2.18. The number of amides is 3. The van der Waals surface area contributed by atoms with Gasteiger partial charge in [0.2, 0.25) is 0 Å². The number of ether oxygens (including phenoxy) is 2. The van der Waals surface area contributed by atoms with Crippen molar-refractivity contribution in [1.29, 1.82) is 0 Å². The maximum absolute atomic E-state index is 12.2. The molecular formula is C20H21N5O5. The minimum absolute atomic E-state index is 0.253. The molecule has 1 aromatic carbocycles. The third-order valence-electron chi connectivity index (χ3n) is 4.30. The highest BCUT2D eigenvalue weighted by molar-refractivity contribution is 5.93. The van der Waals surface area contributed by atoms with Gasteiger partial charge in [-0.1, -0.05) is 0 Å². The van der Waals surface area contributed by atoms with E-state index in [9.17, 15) is 14.4 Å². The number of carbonyl (C=O) groups is 3. The van der Waals surface area contributed by atoms with E-state index in [1.54, 1.807) is 41.3 Å². The highest BCUT2D eigenvalue weighted by Gasteiger charge is 2.14. The normalized spacial score (nSPS) is 10.5. The van der Waals surface area contributed by atoms with E-state index in [1.807, 2.05) is 13.8 Å². The topological polar surface area (TPSA) is 129 Å². The number of nitrogens with two attached hydrogens (primary N) is 1. The number of fused-ring (bicyclic) bond motifs is 1. The summed E-state index contributed by atoms with van der Waals surface area (Å²) >= 11 is 0. The molecule has 0 aliphatic heterocycles. The largest absolute Gasteiger partial charge is 0.457 e. The van der Waals surface area contributed by atoms with Crippen LogP contribution in [0.1, 0.15) is 13.8 Å². The molecule has 0 radical (unpaired) electrons. The SMILES string of the molecule is CCN(CC)C(=O)Nc1cc(Oc2ccc3ccn(C(=O)OC(N)=O)c3c2)ccn1. The Hall–Kier alpha value is -4.08. The van der Waals surface area contributed by atoms with Crippen molar-refractivity contribution in [2.24, 2.45) is 5.73 Å². The van der Waals surface area contributed by atoms with Crippen LogP contribution < -0.4 is 15.8 Å². The van der Waals surface area contributed by atoms with Crippen molar-refractivity contribution in [1.82, 2.24) is 14.5 Å². The van der Waals surface area contributed by atoms with E-state index >= 15 is 0 Å². The smallest absolute Gasteiger partial charge is 0.427 e. The van der Waals surface area contributed by atoms with E-state index in [1.165, 1.54) is 12.4 Å². The van der Waals surface area contributed by atoms with Gasteiger partial charge in [0.15, 0.2) is 0 Å². The van der Waals surface area contributed by atoms with Crippen molar-refractivity contribution in [3.05, 3.63) is 48.8 Å². The van der Waals surface area contributed by atoms with Gasteiger partial charge in [0.25, 0.3) is 0 Å². The summed E-state index contributed by atoms with van der Waals surface area (Å²) in [5.41, 5.74) is 5.38. The molecule has 0 aliphatic carbocycles. The summed E-state index contributed by atoms with van der Waals surface area (Å²) in [6, 6.07) is 9.76. The third kappa shape index (κ3) is 4.66. The molecule has 0 bridgehead atoms. The van der Waals surface area contributed by atoms with Crippen molar-refractivity contribution in [2.75, 3.05) is 18.4 Å². The first-order valence-corrected chi connectivity index (χ1v) is 9.23. The number of hydrogen-bond donors (Lipinski definition) is 2. The summed E-state index contributed by atoms with van der Waals surface area (Å²) in [6.07, 6.45) is 0.872. The molecule has 156 valence electrons. The molecule has 10 heteroatoms. The Labute approximate surface area is 172 Å². The first kappa shape index (κ1) is 20.6. The number of nitrogens with one attached hydrogen (secondary N) is 1. The maximum atomic E-state index is 12.2. The van der Waals surface area contributed by atoms with Gasteiger partial charge in [0, 0.05) is 43.0 Å². The fraction of sp³-hybridized carbons (Fsp3) is 0.200. The number of rotatable bonds is 5. The van der Waals surface area contributed by atoms with Gasteiger partial charge in [-0.15, -0.1) is 0 Å². The second-order valence-corrected chi connectivity index (χ2v) is 6.17. The van der Waals surface area contributed by atoms with Gasteiger partial charge in [-0.25, -0.2) is 19.4 Å². The Morgan fingerprint density at radius 3 is 2.53 bits per heavy atom. The van der Waals surface area contributed by atoms with Crippen LogP contribution in [0.3, 0.4) is 0 Å². The molecule has 30 heavy (non-hydrogen) atoms. The third-order valence-corrected chi connectivity index (χ3v) is 4.30. The zero-order valence-corrected chi connectivity index (χ0v) is 16.5. The Bertz CT molecular complexity index is 1090. The van der Waals surface area contributed by atoms with Crippen LogP contribution in [-0.2, 0) is 4.74 Å². The van der Waals surface area contributed by atoms with E-state index in [4.69, 9.17) is 10.5 Å². The second-order valence-electron chi connectivity index (χ2n) is 6.17. The van der Waals surface area contributed by atoms with Gasteiger partial charge in [-0.2, -0.15) is 0 Å². The Morgan fingerprint density at radius 2 is 1.83 bits per heavy atom. The fourth-order valence-electron chi connectivity index (χ4n) is 2.84. The Kier molecular flexibility index (Phi) is 6.16. The lowest BCUT2D eigenvalue weighted by molar-refractivity contribution is 0.159. The molecule has 3 aromatic rings. The van der Waals surface area contributed by atoms with Crippen molar-refractivity contribution in [3.63, 3.8) is 0 Å². The van der Waals surface area contributed by atoms with E-state index in [0.29, 0.717) is 35.9 Å². The zero-order valence-electron chi connectivity index (χ0n) is 16.5. The molecule has 0 atom stereocenters. The average molecular weight is 411 g/mol. The Morgan fingerprint density at radius 1 is 1.10 bits per heavy atom. The molecule has 0 fully saturated rings. The fourth-order valence-corrected chi connectivity index (χ4v) is 2.84. The lowest BCUT2D eigenvalue weighted by atomic mass is 10.2. The predicted molar refractivity (Wildman–Crippen MR) is 110 cm³/mol. The summed E-state index contributed by atoms with van der Waals surface area (Å²) in [6.45, 7) is 4.94. The van der Waals surface area contributed by atoms with E-state index in [2.05, 4.69) is 15.0 Å². The van der Waals surface area contributed by atoms with Crippen molar-refractivity contribution >= 4 is 34.9 Å². The van der Waals surface area contributed by atoms with Crippen LogP contribution in [-0.4, -0.2) is 45.8 Å². The first-order chi connectivity index (χ1) is 14.4. The number of benzene rings is 1. The monoisotopic (exact) mass is 411 g/mol. The molecule has 0 aliphatic rings. The van der Waals surface area contributed by atoms with Crippen LogP contribution in [0.2, 0.25) is 0 Å². The number of anilines is 1. The van der Waals surface area contributed by atoms with Crippen molar-refractivity contribution in [3.8, 4) is 11.5 Å². The number of aromatic nitrogens is 2. The highest BCUT2D eigenvalue weighted by Crippen LogP contribution is 2.27. The molecule has 3 amide bonds. The number of hydrogen-bond acceptors (Lipinski definition) is 6. The van der Waals surface area contributed by atoms with Crippen LogP contribution in [0.15, 0.2) is 48.8 Å². The molecule has 0 spiro atoms. The number of nitrogens with zero attached hydrogens (tertiary/aromatic N) is 3. The number of urea groups is 1. The summed E-state index contributed by atoms with van der Waals surface area (Å²) < 4.78 is 11.4. The lowest BCUT2D eigenvalue weighted by Crippen LogP contribution is -2.34. The van der Waals surface area contributed by atoms with Crippen LogP contribution in [0, 0.1) is 0 Å². The summed E-state index contributed by atoms with van der Waals surface area (Å²) in [5.74, 6) is 1.22. The van der Waals surface area contributed by atoms with E-state index in [0.717, 1.165) is 9.95 Å². The molecule has 10 nitrogen and oxygen atoms in total. The van der Waals surface area contributed by atoms with Crippen LogP contribution >= 0.6 is 0 Å². The molecular weight excluding hydrogens is 390 g/mol. The summed E-state index contributed by atoms with van der Waals surface area (Å²) in [4.78, 5) is 40.8. The number of pyridine rings is 1. The van der Waals surface area contributed by atoms with Crippen molar-refractivity contribution < 1.29 is 23.9 Å². The quantitative estimate of drug-likeness (QED) is 0.615. The van der Waals surface area contributed by atoms with E-state index in [-0.39, 0.29) is 6.03 Å². The van der Waals surface area contributed by atoms with Gasteiger partial charge in [-0.3, -0.25) is 9.88 Å². The van der Waals surface area contributed by atoms with Gasteiger partial charge in [0.05, 0.1) is 5.52 Å². The van der Waals surface area contributed by atoms with E-state index < -0.39 is 12.2 Å². The minimum Gasteiger partial charge on any atom is -0.457 e. The number of carbonyl (C=O) groups excluding carboxylic acids is 3. The summed E-state index contributed by atoms with van der Waals surface area (Å²) in [7, 11) is 0. The van der Waals surface area contributed by atoms with Crippen LogP contribution in [0.25, 0.3) is 10.9 Å². The summed E-state index contributed by atoms with van der Waals surface area (Å²) in [5, 5.41) is 3.47. The molecule has 3 rings (SSSR count). The first-order valence-electron chi connectivity index (χ1n) is 9.23. The second kappa shape index (κ2) is 8.95. The van der Waals surface area contributed by atoms with Crippen LogP contribution in [0.5, 0.6) is 11.5 Å². The number of primary amides is 1. The van der Waals surface area contributed by atoms with Crippen molar-refractivity contribution in [2.45, 2.75) is 13.8 Å². The molecule has 2 heterocycles. The Balaban J connectivity index is 1.80. The van der Waals surface area contributed by atoms with Gasteiger partial charge in [0.1, 0.15) is 17.3 Å². The average Bonchev–Trinajstić information content (AvgIpc) is 3.12. The minimum atomic E-state index is -1.19. The molecule has 3 N–H and O–H groups in total. The van der Waals surface area contributed by atoms with Gasteiger partial charge < -0.3 is 20.1 Å². The molecule has 2 aromatic heterocycles. The van der Waals surface area contributed by atoms with Gasteiger partial charge >= 0.3 is 18.2 Å². The molecule has 0 saturated carbocycles. The highest BCUT2D eigenvalue weighted by atomic mass is 16.6. The molecule has 0 saturated heterocycles.